The largest absolute Gasteiger partial charge is 0.328 e. The molecule has 0 spiro atoms. The van der Waals surface area contributed by atoms with E-state index in [1.165, 1.54) is 0 Å². The van der Waals surface area contributed by atoms with Gasteiger partial charge in [-0.15, -0.1) is 24.8 Å². The summed E-state index contributed by atoms with van der Waals surface area (Å²) in [5.41, 5.74) is 11.6. The Morgan fingerprint density at radius 2 is 1.21 bits per heavy atom. The van der Waals surface area contributed by atoms with E-state index in [2.05, 4.69) is 29.8 Å². The van der Waals surface area contributed by atoms with Gasteiger partial charge in [-0.05, 0) is 25.7 Å². The van der Waals surface area contributed by atoms with Crippen LogP contribution in [-0.4, -0.2) is 16.9 Å². The highest BCUT2D eigenvalue weighted by molar-refractivity contribution is 9.09. The molecule has 0 aromatic carbocycles. The molecule has 0 aromatic heterocycles. The predicted molar refractivity (Wildman–Crippen MR) is 73.0 cm³/mol. The maximum Gasteiger partial charge on any atom is 0.0175 e. The van der Waals surface area contributed by atoms with Crippen LogP contribution >= 0.6 is 40.7 Å². The number of rotatable bonds is 6. The van der Waals surface area contributed by atoms with Gasteiger partial charge in [0.2, 0.25) is 0 Å². The Morgan fingerprint density at radius 3 is 1.43 bits per heavy atom. The monoisotopic (exact) mass is 308 g/mol. The van der Waals surface area contributed by atoms with Gasteiger partial charge in [0, 0.05) is 16.9 Å². The fraction of sp³-hybridized carbons (Fsp3) is 1.00. The van der Waals surface area contributed by atoms with Crippen molar-refractivity contribution in [2.45, 2.75) is 56.4 Å². The standard InChI is InChI=1S/C9H21BrN2.2ClH/c1-3-8(11)5-7(10)6-9(12)4-2;;/h7-9H,3-6,11-12H2,1-2H3;2*1H. The summed E-state index contributed by atoms with van der Waals surface area (Å²) >= 11 is 3.60. The molecule has 0 aliphatic rings. The second-order valence-electron chi connectivity index (χ2n) is 3.41. The van der Waals surface area contributed by atoms with Crippen LogP contribution in [0.5, 0.6) is 0 Å². The molecule has 0 bridgehead atoms. The molecule has 0 heterocycles. The first-order valence-electron chi connectivity index (χ1n) is 4.75. The van der Waals surface area contributed by atoms with Gasteiger partial charge in [0.1, 0.15) is 0 Å². The minimum Gasteiger partial charge on any atom is -0.328 e. The first kappa shape index (κ1) is 20.4. The molecular formula is C9H23BrCl2N2. The Morgan fingerprint density at radius 1 is 0.929 bits per heavy atom. The van der Waals surface area contributed by atoms with Gasteiger partial charge < -0.3 is 11.5 Å². The van der Waals surface area contributed by atoms with E-state index in [1.807, 2.05) is 0 Å². The van der Waals surface area contributed by atoms with Crippen LogP contribution in [0.25, 0.3) is 0 Å². The van der Waals surface area contributed by atoms with Crippen molar-refractivity contribution in [2.24, 2.45) is 11.5 Å². The molecule has 2 atom stereocenters. The average molecular weight is 310 g/mol. The van der Waals surface area contributed by atoms with Crippen LogP contribution in [0, 0.1) is 0 Å². The summed E-state index contributed by atoms with van der Waals surface area (Å²) in [4.78, 5) is 0.488. The lowest BCUT2D eigenvalue weighted by Gasteiger charge is -2.17. The normalized spacial score (nSPS) is 16.1. The third kappa shape index (κ3) is 11.1. The summed E-state index contributed by atoms with van der Waals surface area (Å²) in [6.07, 6.45) is 4.15. The van der Waals surface area contributed by atoms with Crippen molar-refractivity contribution in [3.8, 4) is 0 Å². The maximum absolute atomic E-state index is 5.82. The molecule has 4 N–H and O–H groups in total. The molecule has 0 aromatic rings. The van der Waals surface area contributed by atoms with Crippen molar-refractivity contribution in [1.29, 1.82) is 0 Å². The van der Waals surface area contributed by atoms with Crippen LogP contribution in [-0.2, 0) is 0 Å². The molecule has 0 aliphatic heterocycles. The number of alkyl halides is 1. The van der Waals surface area contributed by atoms with Crippen molar-refractivity contribution in [3.05, 3.63) is 0 Å². The summed E-state index contributed by atoms with van der Waals surface area (Å²) in [6.45, 7) is 4.23. The molecule has 0 rings (SSSR count). The van der Waals surface area contributed by atoms with Gasteiger partial charge in [-0.1, -0.05) is 29.8 Å². The second kappa shape index (κ2) is 12.1. The number of halogens is 3. The molecule has 0 radical (unpaired) electrons. The van der Waals surface area contributed by atoms with Crippen LogP contribution in [0.2, 0.25) is 0 Å². The highest BCUT2D eigenvalue weighted by Gasteiger charge is 2.11. The highest BCUT2D eigenvalue weighted by atomic mass is 79.9. The van der Waals surface area contributed by atoms with E-state index in [1.54, 1.807) is 0 Å². The van der Waals surface area contributed by atoms with Crippen LogP contribution in [0.15, 0.2) is 0 Å². The van der Waals surface area contributed by atoms with Gasteiger partial charge in [0.15, 0.2) is 0 Å². The molecule has 0 saturated heterocycles. The zero-order valence-corrected chi connectivity index (χ0v) is 12.1. The quantitative estimate of drug-likeness (QED) is 0.741. The van der Waals surface area contributed by atoms with E-state index in [0.717, 1.165) is 25.7 Å². The smallest absolute Gasteiger partial charge is 0.0175 e. The first-order chi connectivity index (χ1) is 5.60. The lowest BCUT2D eigenvalue weighted by Crippen LogP contribution is -2.28. The Hall–Kier alpha value is 0.980. The number of hydrogen-bond donors (Lipinski definition) is 2. The molecule has 14 heavy (non-hydrogen) atoms. The first-order valence-corrected chi connectivity index (χ1v) is 5.66. The van der Waals surface area contributed by atoms with Gasteiger partial charge in [-0.25, -0.2) is 0 Å². The summed E-state index contributed by atoms with van der Waals surface area (Å²) in [5.74, 6) is 0. The van der Waals surface area contributed by atoms with Crippen molar-refractivity contribution in [1.82, 2.24) is 0 Å². The summed E-state index contributed by atoms with van der Waals surface area (Å²) in [6, 6.07) is 0.636. The van der Waals surface area contributed by atoms with Gasteiger partial charge in [-0.3, -0.25) is 0 Å². The Labute approximate surface area is 109 Å². The predicted octanol–water partition coefficient (Wildman–Crippen LogP) is 2.85. The number of nitrogens with two attached hydrogens (primary N) is 2. The summed E-state index contributed by atoms with van der Waals surface area (Å²) in [5, 5.41) is 0. The van der Waals surface area contributed by atoms with E-state index in [4.69, 9.17) is 11.5 Å². The third-order valence-corrected chi connectivity index (χ3v) is 2.91. The third-order valence-electron chi connectivity index (χ3n) is 2.17. The molecule has 0 fully saturated rings. The molecule has 5 heteroatoms. The second-order valence-corrected chi connectivity index (χ2v) is 4.70. The van der Waals surface area contributed by atoms with E-state index >= 15 is 0 Å². The van der Waals surface area contributed by atoms with Crippen LogP contribution in [0.1, 0.15) is 39.5 Å². The Balaban J connectivity index is -0.000000605. The molecule has 0 saturated carbocycles. The van der Waals surface area contributed by atoms with Crippen molar-refractivity contribution in [2.75, 3.05) is 0 Å². The molecule has 0 aliphatic carbocycles. The van der Waals surface area contributed by atoms with E-state index in [-0.39, 0.29) is 24.8 Å². The van der Waals surface area contributed by atoms with Crippen LogP contribution in [0.3, 0.4) is 0 Å². The summed E-state index contributed by atoms with van der Waals surface area (Å²) in [7, 11) is 0. The lowest BCUT2D eigenvalue weighted by atomic mass is 10.0. The van der Waals surface area contributed by atoms with Crippen molar-refractivity contribution in [3.63, 3.8) is 0 Å². The maximum atomic E-state index is 5.82. The van der Waals surface area contributed by atoms with Crippen LogP contribution < -0.4 is 11.5 Å². The zero-order valence-electron chi connectivity index (χ0n) is 8.91. The topological polar surface area (TPSA) is 52.0 Å². The molecule has 2 unspecified atom stereocenters. The van der Waals surface area contributed by atoms with Gasteiger partial charge in [0.25, 0.3) is 0 Å². The fourth-order valence-corrected chi connectivity index (χ4v) is 2.05. The average Bonchev–Trinajstić information content (AvgIpc) is 2.03. The molecule has 0 amide bonds. The van der Waals surface area contributed by atoms with Gasteiger partial charge in [-0.2, -0.15) is 0 Å². The molecular weight excluding hydrogens is 287 g/mol. The minimum atomic E-state index is 0. The minimum absolute atomic E-state index is 0. The fourth-order valence-electron chi connectivity index (χ4n) is 1.09. The SMILES string of the molecule is CCC(N)CC(Br)CC(N)CC.Cl.Cl. The molecule has 2 nitrogen and oxygen atoms in total. The van der Waals surface area contributed by atoms with Crippen molar-refractivity contribution >= 4 is 40.7 Å². The van der Waals surface area contributed by atoms with Gasteiger partial charge in [0.05, 0.1) is 0 Å². The Bertz CT molecular complexity index is 105. The van der Waals surface area contributed by atoms with E-state index in [9.17, 15) is 0 Å². The van der Waals surface area contributed by atoms with Crippen molar-refractivity contribution < 1.29 is 0 Å². The Kier molecular flexibility index (Phi) is 17.6. The lowest BCUT2D eigenvalue weighted by molar-refractivity contribution is 0.517. The van der Waals surface area contributed by atoms with E-state index in [0.29, 0.717) is 16.9 Å². The molecule has 90 valence electrons. The van der Waals surface area contributed by atoms with Crippen LogP contribution in [0.4, 0.5) is 0 Å². The number of hydrogen-bond acceptors (Lipinski definition) is 2. The highest BCUT2D eigenvalue weighted by Crippen LogP contribution is 2.15. The van der Waals surface area contributed by atoms with E-state index < -0.39 is 0 Å². The summed E-state index contributed by atoms with van der Waals surface area (Å²) < 4.78 is 0. The zero-order chi connectivity index (χ0) is 9.56. The van der Waals surface area contributed by atoms with Gasteiger partial charge >= 0.3 is 0 Å².